The third-order valence-corrected chi connectivity index (χ3v) is 5.13. The average Bonchev–Trinajstić information content (AvgIpc) is 2.87. The maximum atomic E-state index is 12.0. The lowest BCUT2D eigenvalue weighted by Gasteiger charge is -2.03. The van der Waals surface area contributed by atoms with Gasteiger partial charge in [0.25, 0.3) is 10.0 Å². The predicted octanol–water partition coefficient (Wildman–Crippen LogP) is 2.93. The van der Waals surface area contributed by atoms with E-state index in [0.29, 0.717) is 0 Å². The van der Waals surface area contributed by atoms with Crippen LogP contribution in [-0.4, -0.2) is 14.6 Å². The Bertz CT molecular complexity index is 701. The van der Waals surface area contributed by atoms with E-state index in [1.54, 1.807) is 35.6 Å². The Kier molecular flexibility index (Phi) is 4.57. The number of rotatable bonds is 5. The van der Waals surface area contributed by atoms with E-state index in [9.17, 15) is 8.42 Å². The van der Waals surface area contributed by atoms with Gasteiger partial charge in [0.15, 0.2) is 0 Å². The summed E-state index contributed by atoms with van der Waals surface area (Å²) in [6.07, 6.45) is 2.49. The summed E-state index contributed by atoms with van der Waals surface area (Å²) in [5, 5.41) is 3.81. The molecule has 1 heterocycles. The maximum Gasteiger partial charge on any atom is 0.276 e. The first-order chi connectivity index (χ1) is 9.51. The third-order valence-electron chi connectivity index (χ3n) is 2.73. The summed E-state index contributed by atoms with van der Waals surface area (Å²) in [6, 6.07) is 10.6. The first kappa shape index (κ1) is 14.7. The quantitative estimate of drug-likeness (QED) is 0.682. The van der Waals surface area contributed by atoms with Crippen LogP contribution in [0.3, 0.4) is 0 Å². The molecule has 0 radical (unpaired) electrons. The van der Waals surface area contributed by atoms with Gasteiger partial charge in [-0.2, -0.15) is 13.5 Å². The molecule has 20 heavy (non-hydrogen) atoms. The van der Waals surface area contributed by atoms with Gasteiger partial charge in [-0.3, -0.25) is 0 Å². The first-order valence-corrected chi connectivity index (χ1v) is 8.51. The molecule has 0 spiro atoms. The summed E-state index contributed by atoms with van der Waals surface area (Å²) >= 11 is 1.60. The Morgan fingerprint density at radius 1 is 1.20 bits per heavy atom. The predicted molar refractivity (Wildman–Crippen MR) is 82.8 cm³/mol. The minimum atomic E-state index is -3.59. The Hall–Kier alpha value is -1.66. The van der Waals surface area contributed by atoms with Gasteiger partial charge in [-0.05, 0) is 37.6 Å². The molecule has 0 aliphatic rings. The highest BCUT2D eigenvalue weighted by molar-refractivity contribution is 7.89. The molecule has 106 valence electrons. The molecule has 0 atom stereocenters. The molecule has 2 aromatic rings. The van der Waals surface area contributed by atoms with Crippen molar-refractivity contribution in [1.82, 2.24) is 4.83 Å². The fourth-order valence-electron chi connectivity index (χ4n) is 1.58. The summed E-state index contributed by atoms with van der Waals surface area (Å²) in [6.45, 7) is 3.98. The maximum absolute atomic E-state index is 12.0. The summed E-state index contributed by atoms with van der Waals surface area (Å²) in [5.74, 6) is 0. The van der Waals surface area contributed by atoms with E-state index < -0.39 is 10.0 Å². The van der Waals surface area contributed by atoms with Crippen molar-refractivity contribution in [1.29, 1.82) is 0 Å². The fourth-order valence-corrected chi connectivity index (χ4v) is 3.20. The van der Waals surface area contributed by atoms with Gasteiger partial charge in [0, 0.05) is 9.75 Å². The van der Waals surface area contributed by atoms with Crippen molar-refractivity contribution < 1.29 is 8.42 Å². The standard InChI is InChI=1S/C14H16N2O2S2/c1-3-12-6-7-13(19-12)10-15-16-20(17,18)14-8-4-11(2)5-9-14/h4-10,16H,3H2,1-2H3/b15-10+. The lowest BCUT2D eigenvalue weighted by molar-refractivity contribution is 0.584. The van der Waals surface area contributed by atoms with E-state index in [0.717, 1.165) is 16.9 Å². The molecule has 0 saturated heterocycles. The smallest absolute Gasteiger partial charge is 0.200 e. The van der Waals surface area contributed by atoms with Gasteiger partial charge >= 0.3 is 0 Å². The summed E-state index contributed by atoms with van der Waals surface area (Å²) < 4.78 is 23.9. The number of nitrogens with zero attached hydrogens (tertiary/aromatic N) is 1. The molecule has 1 aromatic carbocycles. The van der Waals surface area contributed by atoms with Gasteiger partial charge in [0.05, 0.1) is 11.1 Å². The minimum Gasteiger partial charge on any atom is -0.200 e. The molecular weight excluding hydrogens is 292 g/mol. The Balaban J connectivity index is 2.07. The average molecular weight is 308 g/mol. The van der Waals surface area contributed by atoms with Gasteiger partial charge in [-0.25, -0.2) is 4.83 Å². The van der Waals surface area contributed by atoms with Crippen molar-refractivity contribution >= 4 is 27.6 Å². The number of aryl methyl sites for hydroxylation is 2. The molecule has 0 fully saturated rings. The highest BCUT2D eigenvalue weighted by atomic mass is 32.2. The SMILES string of the molecule is CCc1ccc(/C=N/NS(=O)(=O)c2ccc(C)cc2)s1. The number of hydrogen-bond donors (Lipinski definition) is 1. The van der Waals surface area contributed by atoms with Crippen molar-refractivity contribution in [2.75, 3.05) is 0 Å². The van der Waals surface area contributed by atoms with Crippen LogP contribution < -0.4 is 4.83 Å². The fraction of sp³-hybridized carbons (Fsp3) is 0.214. The summed E-state index contributed by atoms with van der Waals surface area (Å²) in [5.41, 5.74) is 1.01. The van der Waals surface area contributed by atoms with E-state index in [1.165, 1.54) is 11.1 Å². The highest BCUT2D eigenvalue weighted by Gasteiger charge is 2.11. The van der Waals surface area contributed by atoms with Crippen molar-refractivity contribution in [2.24, 2.45) is 5.10 Å². The minimum absolute atomic E-state index is 0.209. The van der Waals surface area contributed by atoms with Gasteiger partial charge < -0.3 is 0 Å². The van der Waals surface area contributed by atoms with E-state index in [4.69, 9.17) is 0 Å². The van der Waals surface area contributed by atoms with Crippen LogP contribution in [0.25, 0.3) is 0 Å². The van der Waals surface area contributed by atoms with Crippen LogP contribution in [0.5, 0.6) is 0 Å². The molecule has 0 aliphatic carbocycles. The number of nitrogens with one attached hydrogen (secondary N) is 1. The van der Waals surface area contributed by atoms with E-state index in [1.807, 2.05) is 19.1 Å². The molecule has 4 nitrogen and oxygen atoms in total. The van der Waals surface area contributed by atoms with Gasteiger partial charge in [0.2, 0.25) is 0 Å². The van der Waals surface area contributed by atoms with Crippen LogP contribution in [0.1, 0.15) is 22.2 Å². The zero-order chi connectivity index (χ0) is 14.6. The molecule has 2 rings (SSSR count). The molecule has 0 amide bonds. The van der Waals surface area contributed by atoms with Crippen LogP contribution in [0.15, 0.2) is 46.4 Å². The van der Waals surface area contributed by atoms with Crippen molar-refractivity contribution in [3.63, 3.8) is 0 Å². The molecule has 1 aromatic heterocycles. The van der Waals surface area contributed by atoms with Crippen LogP contribution in [0, 0.1) is 6.92 Å². The Morgan fingerprint density at radius 3 is 2.50 bits per heavy atom. The second-order valence-corrected chi connectivity index (χ2v) is 7.18. The molecule has 0 aliphatic heterocycles. The number of hydrazone groups is 1. The van der Waals surface area contributed by atoms with Crippen LogP contribution in [0.4, 0.5) is 0 Å². The highest BCUT2D eigenvalue weighted by Crippen LogP contribution is 2.15. The topological polar surface area (TPSA) is 58.5 Å². The lowest BCUT2D eigenvalue weighted by atomic mass is 10.2. The van der Waals surface area contributed by atoms with Gasteiger partial charge in [-0.15, -0.1) is 11.3 Å². The molecular formula is C14H16N2O2S2. The first-order valence-electron chi connectivity index (χ1n) is 6.21. The monoisotopic (exact) mass is 308 g/mol. The van der Waals surface area contributed by atoms with Gasteiger partial charge in [-0.1, -0.05) is 24.6 Å². The molecule has 0 saturated carbocycles. The lowest BCUT2D eigenvalue weighted by Crippen LogP contribution is -2.18. The third kappa shape index (κ3) is 3.68. The number of hydrogen-bond acceptors (Lipinski definition) is 4. The number of thiophene rings is 1. The molecule has 0 bridgehead atoms. The zero-order valence-corrected chi connectivity index (χ0v) is 13.0. The van der Waals surface area contributed by atoms with Crippen LogP contribution in [0.2, 0.25) is 0 Å². The van der Waals surface area contributed by atoms with Crippen molar-refractivity contribution in [3.05, 3.63) is 51.7 Å². The molecule has 0 unspecified atom stereocenters. The van der Waals surface area contributed by atoms with E-state index in [-0.39, 0.29) is 4.90 Å². The second-order valence-electron chi connectivity index (χ2n) is 4.32. The van der Waals surface area contributed by atoms with Crippen LogP contribution in [-0.2, 0) is 16.4 Å². The van der Waals surface area contributed by atoms with E-state index in [2.05, 4.69) is 16.9 Å². The second kappa shape index (κ2) is 6.19. The van der Waals surface area contributed by atoms with Gasteiger partial charge in [0.1, 0.15) is 0 Å². The van der Waals surface area contributed by atoms with Crippen molar-refractivity contribution in [2.45, 2.75) is 25.2 Å². The largest absolute Gasteiger partial charge is 0.276 e. The van der Waals surface area contributed by atoms with E-state index >= 15 is 0 Å². The Morgan fingerprint density at radius 2 is 1.90 bits per heavy atom. The van der Waals surface area contributed by atoms with Crippen molar-refractivity contribution in [3.8, 4) is 0 Å². The number of benzene rings is 1. The number of sulfonamides is 1. The molecule has 6 heteroatoms. The summed E-state index contributed by atoms with van der Waals surface area (Å²) in [4.78, 5) is 4.60. The summed E-state index contributed by atoms with van der Waals surface area (Å²) in [7, 11) is -3.59. The normalized spacial score (nSPS) is 11.9. The Labute approximate surface area is 123 Å². The zero-order valence-electron chi connectivity index (χ0n) is 11.3. The van der Waals surface area contributed by atoms with Crippen LogP contribution >= 0.6 is 11.3 Å². The molecule has 1 N–H and O–H groups in total.